The maximum absolute atomic E-state index is 10.6. The van der Waals surface area contributed by atoms with Gasteiger partial charge >= 0.3 is 0 Å². The smallest absolute Gasteiger partial charge is 0.131 e. The van der Waals surface area contributed by atoms with Crippen molar-refractivity contribution in [2.45, 2.75) is 0 Å². The molecular formula is C20H14O2. The Labute approximate surface area is 127 Å². The molecule has 0 heterocycles. The van der Waals surface area contributed by atoms with Crippen molar-refractivity contribution in [3.05, 3.63) is 72.8 Å². The Balaban J connectivity index is 1.96. The Bertz CT molecular complexity index is 1000. The lowest BCUT2D eigenvalue weighted by Gasteiger charge is -2.09. The van der Waals surface area contributed by atoms with Crippen molar-refractivity contribution < 1.29 is 10.2 Å². The summed E-state index contributed by atoms with van der Waals surface area (Å²) in [5, 5.41) is 24.1. The molecule has 0 aliphatic rings. The molecule has 22 heavy (non-hydrogen) atoms. The van der Waals surface area contributed by atoms with Crippen molar-refractivity contribution in [2.24, 2.45) is 0 Å². The number of rotatable bonds is 1. The first-order chi connectivity index (χ1) is 10.7. The molecule has 0 spiro atoms. The predicted octanol–water partition coefficient (Wildman–Crippen LogP) is 5.07. The third-order valence-corrected chi connectivity index (χ3v) is 4.04. The van der Waals surface area contributed by atoms with E-state index in [1.54, 1.807) is 12.1 Å². The molecule has 0 aliphatic heterocycles. The summed E-state index contributed by atoms with van der Waals surface area (Å²) < 4.78 is 0. The fourth-order valence-corrected chi connectivity index (χ4v) is 2.89. The Morgan fingerprint density at radius 3 is 2.27 bits per heavy atom. The molecule has 4 aromatic rings. The van der Waals surface area contributed by atoms with E-state index in [0.717, 1.165) is 32.7 Å². The van der Waals surface area contributed by atoms with E-state index in [4.69, 9.17) is 0 Å². The molecule has 2 heteroatoms. The molecule has 0 atom stereocenters. The number of benzene rings is 4. The van der Waals surface area contributed by atoms with Crippen LogP contribution < -0.4 is 0 Å². The molecule has 0 unspecified atom stereocenters. The SMILES string of the molecule is Oc1ccc2ccc(-c3ccc4ccccc4c3O)cc2c1. The largest absolute Gasteiger partial charge is 0.508 e. The number of fused-ring (bicyclic) bond motifs is 2. The number of hydrogen-bond donors (Lipinski definition) is 2. The van der Waals surface area contributed by atoms with E-state index in [1.165, 1.54) is 0 Å². The van der Waals surface area contributed by atoms with Gasteiger partial charge in [0.1, 0.15) is 11.5 Å². The summed E-state index contributed by atoms with van der Waals surface area (Å²) in [7, 11) is 0. The standard InChI is InChI=1S/C20H14O2/c21-17-9-7-13-5-6-15(11-16(13)12-17)19-10-8-14-3-1-2-4-18(14)20(19)22/h1-12,21-22H. The van der Waals surface area contributed by atoms with E-state index in [9.17, 15) is 10.2 Å². The summed E-state index contributed by atoms with van der Waals surface area (Å²) in [6, 6.07) is 23.0. The highest BCUT2D eigenvalue weighted by Crippen LogP contribution is 2.37. The van der Waals surface area contributed by atoms with Crippen LogP contribution in [0.1, 0.15) is 0 Å². The summed E-state index contributed by atoms with van der Waals surface area (Å²) in [6.45, 7) is 0. The zero-order valence-corrected chi connectivity index (χ0v) is 11.8. The van der Waals surface area contributed by atoms with Crippen LogP contribution in [0.3, 0.4) is 0 Å². The minimum atomic E-state index is 0.243. The van der Waals surface area contributed by atoms with Crippen molar-refractivity contribution in [3.8, 4) is 22.6 Å². The van der Waals surface area contributed by atoms with Gasteiger partial charge in [0.25, 0.3) is 0 Å². The average molecular weight is 286 g/mol. The molecule has 0 aliphatic carbocycles. The van der Waals surface area contributed by atoms with E-state index < -0.39 is 0 Å². The summed E-state index contributed by atoms with van der Waals surface area (Å²) in [6.07, 6.45) is 0. The van der Waals surface area contributed by atoms with Gasteiger partial charge in [-0.3, -0.25) is 0 Å². The molecule has 0 radical (unpaired) electrons. The highest BCUT2D eigenvalue weighted by atomic mass is 16.3. The second-order valence-electron chi connectivity index (χ2n) is 5.43. The van der Waals surface area contributed by atoms with Crippen LogP contribution >= 0.6 is 0 Å². The third kappa shape index (κ3) is 1.97. The molecule has 0 saturated carbocycles. The van der Waals surface area contributed by atoms with Gasteiger partial charge in [0.15, 0.2) is 0 Å². The minimum absolute atomic E-state index is 0.243. The second-order valence-corrected chi connectivity index (χ2v) is 5.43. The summed E-state index contributed by atoms with van der Waals surface area (Å²) in [4.78, 5) is 0. The highest BCUT2D eigenvalue weighted by Gasteiger charge is 2.09. The minimum Gasteiger partial charge on any atom is -0.508 e. The quantitative estimate of drug-likeness (QED) is 0.513. The Morgan fingerprint density at radius 2 is 1.36 bits per heavy atom. The van der Waals surface area contributed by atoms with Gasteiger partial charge in [0.2, 0.25) is 0 Å². The molecule has 106 valence electrons. The maximum Gasteiger partial charge on any atom is 0.131 e. The average Bonchev–Trinajstić information content (AvgIpc) is 2.55. The lowest BCUT2D eigenvalue weighted by molar-refractivity contribution is 0.476. The van der Waals surface area contributed by atoms with Crippen LogP contribution in [0.5, 0.6) is 11.5 Å². The van der Waals surface area contributed by atoms with E-state index in [0.29, 0.717) is 0 Å². The lowest BCUT2D eigenvalue weighted by atomic mass is 9.97. The van der Waals surface area contributed by atoms with Crippen LogP contribution in [-0.2, 0) is 0 Å². The molecule has 0 aromatic heterocycles. The fraction of sp³-hybridized carbons (Fsp3) is 0. The van der Waals surface area contributed by atoms with Crippen LogP contribution in [0.25, 0.3) is 32.7 Å². The van der Waals surface area contributed by atoms with Crippen molar-refractivity contribution in [1.29, 1.82) is 0 Å². The number of phenolic OH excluding ortho intramolecular Hbond substituents is 2. The van der Waals surface area contributed by atoms with E-state index >= 15 is 0 Å². The molecule has 2 nitrogen and oxygen atoms in total. The molecule has 0 saturated heterocycles. The topological polar surface area (TPSA) is 40.5 Å². The van der Waals surface area contributed by atoms with E-state index in [-0.39, 0.29) is 11.5 Å². The normalized spacial score (nSPS) is 11.1. The van der Waals surface area contributed by atoms with Crippen LogP contribution in [0.4, 0.5) is 0 Å². The number of aromatic hydroxyl groups is 2. The van der Waals surface area contributed by atoms with Crippen LogP contribution in [0.15, 0.2) is 72.8 Å². The molecular weight excluding hydrogens is 272 g/mol. The summed E-state index contributed by atoms with van der Waals surface area (Å²) in [5.41, 5.74) is 1.73. The lowest BCUT2D eigenvalue weighted by Crippen LogP contribution is -1.82. The molecule has 2 N–H and O–H groups in total. The first-order valence-corrected chi connectivity index (χ1v) is 7.16. The van der Waals surface area contributed by atoms with Gasteiger partial charge in [-0.1, -0.05) is 54.6 Å². The Morgan fingerprint density at radius 1 is 0.591 bits per heavy atom. The Kier molecular flexibility index (Phi) is 2.76. The van der Waals surface area contributed by atoms with Crippen molar-refractivity contribution in [2.75, 3.05) is 0 Å². The van der Waals surface area contributed by atoms with Crippen LogP contribution in [-0.4, -0.2) is 10.2 Å². The predicted molar refractivity (Wildman–Crippen MR) is 90.2 cm³/mol. The van der Waals surface area contributed by atoms with Gasteiger partial charge in [-0.2, -0.15) is 0 Å². The summed E-state index contributed by atoms with van der Waals surface area (Å²) in [5.74, 6) is 0.532. The third-order valence-electron chi connectivity index (χ3n) is 4.04. The first-order valence-electron chi connectivity index (χ1n) is 7.16. The van der Waals surface area contributed by atoms with Gasteiger partial charge < -0.3 is 10.2 Å². The maximum atomic E-state index is 10.6. The number of phenols is 2. The molecule has 4 rings (SSSR count). The van der Waals surface area contributed by atoms with Gasteiger partial charge in [-0.15, -0.1) is 0 Å². The van der Waals surface area contributed by atoms with Crippen molar-refractivity contribution >= 4 is 21.5 Å². The zero-order chi connectivity index (χ0) is 15.1. The van der Waals surface area contributed by atoms with Gasteiger partial charge in [0.05, 0.1) is 0 Å². The second kappa shape index (κ2) is 4.78. The highest BCUT2D eigenvalue weighted by molar-refractivity contribution is 5.96. The number of hydrogen-bond acceptors (Lipinski definition) is 2. The molecule has 0 bridgehead atoms. The van der Waals surface area contributed by atoms with Crippen molar-refractivity contribution in [1.82, 2.24) is 0 Å². The van der Waals surface area contributed by atoms with Crippen molar-refractivity contribution in [3.63, 3.8) is 0 Å². The molecule has 0 fully saturated rings. The monoisotopic (exact) mass is 286 g/mol. The molecule has 4 aromatic carbocycles. The molecule has 0 amide bonds. The summed E-state index contributed by atoms with van der Waals surface area (Å²) >= 11 is 0. The fourth-order valence-electron chi connectivity index (χ4n) is 2.89. The van der Waals surface area contributed by atoms with E-state index in [1.807, 2.05) is 60.7 Å². The van der Waals surface area contributed by atoms with Crippen LogP contribution in [0.2, 0.25) is 0 Å². The van der Waals surface area contributed by atoms with Crippen LogP contribution in [0, 0.1) is 0 Å². The van der Waals surface area contributed by atoms with Gasteiger partial charge in [-0.05, 0) is 39.9 Å². The van der Waals surface area contributed by atoms with E-state index in [2.05, 4.69) is 0 Å². The Hall–Kier alpha value is -3.00. The zero-order valence-electron chi connectivity index (χ0n) is 11.8. The van der Waals surface area contributed by atoms with Gasteiger partial charge in [0, 0.05) is 10.9 Å². The van der Waals surface area contributed by atoms with Gasteiger partial charge in [-0.25, -0.2) is 0 Å². The first kappa shape index (κ1) is 12.7.